The molecule has 6 nitrogen and oxygen atoms in total. The zero-order valence-electron chi connectivity index (χ0n) is 21.4. The number of rotatable bonds is 12. The van der Waals surface area contributed by atoms with Gasteiger partial charge in [-0.05, 0) is 57.1 Å². The van der Waals surface area contributed by atoms with Gasteiger partial charge in [-0.15, -0.1) is 0 Å². The molecule has 3 rings (SSSR count). The quantitative estimate of drug-likeness (QED) is 0.193. The van der Waals surface area contributed by atoms with Crippen molar-refractivity contribution in [2.45, 2.75) is 53.0 Å². The molecule has 0 aliphatic carbocycles. The molecule has 1 amide bonds. The van der Waals surface area contributed by atoms with E-state index in [1.54, 1.807) is 23.1 Å². The SMILES string of the molecule is CCCCOc1cccc(C(O)=C2C(=O)C(=O)N(CCCN(CC)CC)C2c2ccc(C)cc2)c1. The van der Waals surface area contributed by atoms with Gasteiger partial charge in [-0.25, -0.2) is 0 Å². The number of benzene rings is 2. The summed E-state index contributed by atoms with van der Waals surface area (Å²) in [6.45, 7) is 12.1. The number of unbranched alkanes of at least 4 members (excludes halogenated alkanes) is 1. The highest BCUT2D eigenvalue weighted by molar-refractivity contribution is 6.46. The molecule has 1 heterocycles. The molecule has 6 heteroatoms. The first-order valence-corrected chi connectivity index (χ1v) is 12.7. The second kappa shape index (κ2) is 12.5. The van der Waals surface area contributed by atoms with Crippen LogP contribution in [0.15, 0.2) is 54.1 Å². The van der Waals surface area contributed by atoms with Crippen molar-refractivity contribution in [1.29, 1.82) is 0 Å². The first-order chi connectivity index (χ1) is 16.9. The van der Waals surface area contributed by atoms with Gasteiger partial charge in [0, 0.05) is 12.1 Å². The Labute approximate surface area is 209 Å². The topological polar surface area (TPSA) is 70.1 Å². The van der Waals surface area contributed by atoms with Gasteiger partial charge >= 0.3 is 0 Å². The maximum atomic E-state index is 13.2. The van der Waals surface area contributed by atoms with Crippen molar-refractivity contribution in [1.82, 2.24) is 9.80 Å². The molecule has 1 atom stereocenters. The Kier molecular flexibility index (Phi) is 9.49. The predicted octanol–water partition coefficient (Wildman–Crippen LogP) is 5.33. The van der Waals surface area contributed by atoms with Crippen molar-refractivity contribution >= 4 is 17.4 Å². The van der Waals surface area contributed by atoms with Crippen LogP contribution in [0.5, 0.6) is 5.75 Å². The van der Waals surface area contributed by atoms with Crippen LogP contribution in [0.2, 0.25) is 0 Å². The van der Waals surface area contributed by atoms with E-state index in [1.807, 2.05) is 37.3 Å². The Balaban J connectivity index is 1.98. The number of hydrogen-bond acceptors (Lipinski definition) is 5. The van der Waals surface area contributed by atoms with Gasteiger partial charge in [0.1, 0.15) is 11.5 Å². The monoisotopic (exact) mass is 478 g/mol. The third-order valence-corrected chi connectivity index (χ3v) is 6.57. The van der Waals surface area contributed by atoms with Gasteiger partial charge in [0.05, 0.1) is 18.2 Å². The summed E-state index contributed by atoms with van der Waals surface area (Å²) < 4.78 is 5.79. The lowest BCUT2D eigenvalue weighted by atomic mass is 9.94. The summed E-state index contributed by atoms with van der Waals surface area (Å²) >= 11 is 0. The minimum atomic E-state index is -0.645. The fourth-order valence-corrected chi connectivity index (χ4v) is 4.43. The van der Waals surface area contributed by atoms with Gasteiger partial charge < -0.3 is 19.6 Å². The number of likely N-dealkylation sites (tertiary alicyclic amines) is 1. The molecule has 0 radical (unpaired) electrons. The van der Waals surface area contributed by atoms with Crippen LogP contribution in [0.3, 0.4) is 0 Å². The molecule has 0 aromatic heterocycles. The fraction of sp³-hybridized carbons (Fsp3) is 0.448. The number of aliphatic hydroxyl groups excluding tert-OH is 1. The standard InChI is InChI=1S/C29H38N2O4/c1-5-8-19-35-24-12-9-11-23(20-24)27(32)25-26(22-15-13-21(4)14-16-22)31(29(34)28(25)33)18-10-17-30(6-2)7-3/h9,11-16,20,26,32H,5-8,10,17-19H2,1-4H3. The highest BCUT2D eigenvalue weighted by Gasteiger charge is 2.45. The summed E-state index contributed by atoms with van der Waals surface area (Å²) in [5, 5.41) is 11.3. The van der Waals surface area contributed by atoms with Crippen molar-refractivity contribution in [3.8, 4) is 5.75 Å². The van der Waals surface area contributed by atoms with Crippen LogP contribution < -0.4 is 4.74 Å². The number of hydrogen-bond donors (Lipinski definition) is 1. The lowest BCUT2D eigenvalue weighted by molar-refractivity contribution is -0.140. The van der Waals surface area contributed by atoms with Crippen LogP contribution in [-0.4, -0.2) is 59.4 Å². The lowest BCUT2D eigenvalue weighted by Gasteiger charge is -2.27. The summed E-state index contributed by atoms with van der Waals surface area (Å²) in [6.07, 6.45) is 2.70. The Bertz CT molecular complexity index is 1040. The average Bonchev–Trinajstić information content (AvgIpc) is 3.12. The van der Waals surface area contributed by atoms with Gasteiger partial charge in [-0.3, -0.25) is 9.59 Å². The van der Waals surface area contributed by atoms with Crippen molar-refractivity contribution in [3.05, 3.63) is 70.8 Å². The van der Waals surface area contributed by atoms with Gasteiger partial charge in [0.15, 0.2) is 0 Å². The summed E-state index contributed by atoms with van der Waals surface area (Å²) in [5.41, 5.74) is 2.50. The largest absolute Gasteiger partial charge is 0.507 e. The molecule has 1 N–H and O–H groups in total. The number of ether oxygens (including phenoxy) is 1. The van der Waals surface area contributed by atoms with E-state index in [-0.39, 0.29) is 11.3 Å². The molecule has 1 aliphatic rings. The minimum absolute atomic E-state index is 0.132. The third-order valence-electron chi connectivity index (χ3n) is 6.57. The van der Waals surface area contributed by atoms with Crippen molar-refractivity contribution in [2.75, 3.05) is 32.8 Å². The van der Waals surface area contributed by atoms with Gasteiger partial charge in [-0.2, -0.15) is 0 Å². The van der Waals surface area contributed by atoms with Crippen LogP contribution >= 0.6 is 0 Å². The van der Waals surface area contributed by atoms with Crippen LogP contribution in [0, 0.1) is 6.92 Å². The van der Waals surface area contributed by atoms with Crippen molar-refractivity contribution in [3.63, 3.8) is 0 Å². The average molecular weight is 479 g/mol. The maximum Gasteiger partial charge on any atom is 0.295 e. The number of ketones is 1. The van der Waals surface area contributed by atoms with Crippen LogP contribution in [0.1, 0.15) is 62.8 Å². The van der Waals surface area contributed by atoms with Crippen molar-refractivity contribution in [2.24, 2.45) is 0 Å². The molecule has 2 aromatic carbocycles. The molecule has 2 aromatic rings. The van der Waals surface area contributed by atoms with E-state index in [0.717, 1.165) is 50.0 Å². The van der Waals surface area contributed by atoms with Crippen LogP contribution in [0.4, 0.5) is 0 Å². The Morgan fingerprint density at radius 3 is 2.40 bits per heavy atom. The molecule has 1 fully saturated rings. The fourth-order valence-electron chi connectivity index (χ4n) is 4.43. The predicted molar refractivity (Wildman–Crippen MR) is 139 cm³/mol. The zero-order chi connectivity index (χ0) is 25.4. The van der Waals surface area contributed by atoms with E-state index in [9.17, 15) is 14.7 Å². The molecule has 1 saturated heterocycles. The third kappa shape index (κ3) is 6.31. The smallest absolute Gasteiger partial charge is 0.295 e. The number of aliphatic hydroxyl groups is 1. The number of aryl methyl sites for hydroxylation is 1. The van der Waals surface area contributed by atoms with E-state index < -0.39 is 17.7 Å². The molecule has 0 saturated carbocycles. The Morgan fingerprint density at radius 1 is 1.03 bits per heavy atom. The van der Waals surface area contributed by atoms with Crippen molar-refractivity contribution < 1.29 is 19.4 Å². The molecule has 1 unspecified atom stereocenters. The highest BCUT2D eigenvalue weighted by Crippen LogP contribution is 2.39. The van der Waals surface area contributed by atoms with Crippen LogP contribution in [-0.2, 0) is 9.59 Å². The molecular weight excluding hydrogens is 440 g/mol. The van der Waals surface area contributed by atoms with Crippen LogP contribution in [0.25, 0.3) is 5.76 Å². The van der Waals surface area contributed by atoms with Gasteiger partial charge in [0.2, 0.25) is 0 Å². The van der Waals surface area contributed by atoms with E-state index in [0.29, 0.717) is 24.5 Å². The first kappa shape index (κ1) is 26.5. The second-order valence-corrected chi connectivity index (χ2v) is 9.01. The van der Waals surface area contributed by atoms with Gasteiger partial charge in [-0.1, -0.05) is 69.2 Å². The molecule has 35 heavy (non-hydrogen) atoms. The number of carbonyl (C=O) groups is 2. The zero-order valence-corrected chi connectivity index (χ0v) is 21.4. The lowest BCUT2D eigenvalue weighted by Crippen LogP contribution is -2.33. The number of amides is 1. The molecule has 0 bridgehead atoms. The summed E-state index contributed by atoms with van der Waals surface area (Å²) in [5.74, 6) is -0.746. The first-order valence-electron chi connectivity index (χ1n) is 12.7. The highest BCUT2D eigenvalue weighted by atomic mass is 16.5. The Morgan fingerprint density at radius 2 is 1.74 bits per heavy atom. The molecule has 1 aliphatic heterocycles. The molecular formula is C29H38N2O4. The molecule has 0 spiro atoms. The Hall–Kier alpha value is -3.12. The summed E-state index contributed by atoms with van der Waals surface area (Å²) in [4.78, 5) is 30.3. The van der Waals surface area contributed by atoms with E-state index in [2.05, 4.69) is 25.7 Å². The maximum absolute atomic E-state index is 13.2. The summed E-state index contributed by atoms with van der Waals surface area (Å²) in [7, 11) is 0. The number of carbonyl (C=O) groups excluding carboxylic acids is 2. The number of Topliss-reactive ketones (excluding diaryl/α,β-unsaturated/α-hetero) is 1. The summed E-state index contributed by atoms with van der Waals surface area (Å²) in [6, 6.07) is 14.2. The van der Waals surface area contributed by atoms with Gasteiger partial charge in [0.25, 0.3) is 11.7 Å². The van der Waals surface area contributed by atoms with E-state index in [4.69, 9.17) is 4.74 Å². The second-order valence-electron chi connectivity index (χ2n) is 9.01. The molecule has 188 valence electrons. The van der Waals surface area contributed by atoms with E-state index >= 15 is 0 Å². The van der Waals surface area contributed by atoms with E-state index in [1.165, 1.54) is 0 Å². The number of nitrogens with zero attached hydrogens (tertiary/aromatic N) is 2. The minimum Gasteiger partial charge on any atom is -0.507 e. The normalized spacial score (nSPS) is 17.4.